The van der Waals surface area contributed by atoms with Crippen molar-refractivity contribution in [2.45, 2.75) is 43.8 Å². The molecule has 0 bridgehead atoms. The number of nitrogens with one attached hydrogen (secondary N) is 1. The van der Waals surface area contributed by atoms with Crippen molar-refractivity contribution in [1.82, 2.24) is 19.5 Å². The molecule has 1 atom stereocenters. The van der Waals surface area contributed by atoms with Crippen LogP contribution in [0.3, 0.4) is 0 Å². The number of rotatable bonds is 9. The fourth-order valence-electron chi connectivity index (χ4n) is 4.12. The highest BCUT2D eigenvalue weighted by Gasteiger charge is 2.39. The molecule has 1 saturated heterocycles. The van der Waals surface area contributed by atoms with Crippen molar-refractivity contribution < 1.29 is 45.7 Å². The maximum atomic E-state index is 13.5. The monoisotopic (exact) mass is 610 g/mol. The highest BCUT2D eigenvalue weighted by molar-refractivity contribution is 7.90. The maximum Gasteiger partial charge on any atom is 0.435 e. The zero-order valence-corrected chi connectivity index (χ0v) is 23.1. The fraction of sp³-hybridized carbons (Fsp3) is 0.320. The first kappa shape index (κ1) is 30.3. The Morgan fingerprint density at radius 2 is 1.83 bits per heavy atom. The summed E-state index contributed by atoms with van der Waals surface area (Å²) in [6.45, 7) is 2.39. The number of halogens is 3. The number of aromatic nitrogens is 2. The molecule has 17 heteroatoms. The van der Waals surface area contributed by atoms with E-state index in [1.165, 1.54) is 12.1 Å². The van der Waals surface area contributed by atoms with E-state index < -0.39 is 46.6 Å². The summed E-state index contributed by atoms with van der Waals surface area (Å²) in [5.41, 5.74) is 0.523. The van der Waals surface area contributed by atoms with Gasteiger partial charge in [0.05, 0.1) is 27.8 Å². The predicted molar refractivity (Wildman–Crippen MR) is 138 cm³/mol. The molecule has 224 valence electrons. The quantitative estimate of drug-likeness (QED) is 0.0956. The lowest BCUT2D eigenvalue weighted by molar-refractivity contribution is -0.712. The Hall–Kier alpha value is -4.67. The summed E-state index contributed by atoms with van der Waals surface area (Å²) in [7, 11) is -4.44. The minimum absolute atomic E-state index is 0.0346. The highest BCUT2D eigenvalue weighted by atomic mass is 32.2. The van der Waals surface area contributed by atoms with E-state index in [0.29, 0.717) is 12.0 Å². The number of ether oxygens (including phenoxy) is 1. The SMILES string of the molecule is CC(=O)OCON=[N+]([O-])N1CCC[C@H]1C(=O)NS(=O)(=O)c1ccc(-n2nc(C(F)(F)F)cc2-c2ccc(C)cc2)cc1. The fourth-order valence-corrected chi connectivity index (χ4v) is 5.14. The van der Waals surface area contributed by atoms with Gasteiger partial charge in [-0.05, 0) is 50.1 Å². The van der Waals surface area contributed by atoms with Crippen LogP contribution in [-0.4, -0.2) is 59.4 Å². The molecule has 0 radical (unpaired) electrons. The average Bonchev–Trinajstić information content (AvgIpc) is 3.60. The first-order valence-electron chi connectivity index (χ1n) is 12.4. The molecule has 0 saturated carbocycles. The molecule has 1 N–H and O–H groups in total. The second-order valence-corrected chi connectivity index (χ2v) is 10.9. The van der Waals surface area contributed by atoms with Crippen molar-refractivity contribution in [3.8, 4) is 16.9 Å². The minimum atomic E-state index is -4.71. The van der Waals surface area contributed by atoms with Gasteiger partial charge in [-0.15, -0.1) is 5.01 Å². The van der Waals surface area contributed by atoms with Crippen LogP contribution in [0.1, 0.15) is 31.0 Å². The summed E-state index contributed by atoms with van der Waals surface area (Å²) < 4.78 is 73.8. The number of hydrogen-bond donors (Lipinski definition) is 1. The van der Waals surface area contributed by atoms with Crippen molar-refractivity contribution in [1.29, 1.82) is 0 Å². The van der Waals surface area contributed by atoms with Crippen molar-refractivity contribution in [2.75, 3.05) is 13.3 Å². The Morgan fingerprint density at radius 3 is 2.45 bits per heavy atom. The van der Waals surface area contributed by atoms with Crippen LogP contribution < -0.4 is 4.72 Å². The first-order chi connectivity index (χ1) is 19.8. The van der Waals surface area contributed by atoms with Gasteiger partial charge in [0.2, 0.25) is 5.28 Å². The van der Waals surface area contributed by atoms with E-state index in [2.05, 4.69) is 20.0 Å². The zero-order chi connectivity index (χ0) is 30.7. The lowest BCUT2D eigenvalue weighted by Gasteiger charge is -2.19. The molecule has 2 heterocycles. The largest absolute Gasteiger partial charge is 0.569 e. The second kappa shape index (κ2) is 12.1. The molecule has 1 aliphatic rings. The molecule has 2 aromatic carbocycles. The van der Waals surface area contributed by atoms with Crippen molar-refractivity contribution >= 4 is 21.9 Å². The summed E-state index contributed by atoms with van der Waals surface area (Å²) in [5.74, 6) is -1.67. The van der Waals surface area contributed by atoms with Gasteiger partial charge in [0.15, 0.2) is 11.7 Å². The van der Waals surface area contributed by atoms with Gasteiger partial charge in [-0.3, -0.25) is 9.59 Å². The molecule has 1 fully saturated rings. The number of benzene rings is 2. The van der Waals surface area contributed by atoms with Crippen LogP contribution >= 0.6 is 0 Å². The normalized spacial score (nSPS) is 15.9. The summed E-state index contributed by atoms with van der Waals surface area (Å²) in [4.78, 5) is 27.7. The number of alkyl halides is 3. The van der Waals surface area contributed by atoms with Gasteiger partial charge in [0.25, 0.3) is 22.7 Å². The van der Waals surface area contributed by atoms with Gasteiger partial charge in [-0.1, -0.05) is 29.8 Å². The number of hydrazine groups is 1. The summed E-state index contributed by atoms with van der Waals surface area (Å²) >= 11 is 0. The smallest absolute Gasteiger partial charge is 0.435 e. The molecule has 0 unspecified atom stereocenters. The Balaban J connectivity index is 1.52. The standard InChI is InChI=1S/C25H25F3N6O7S/c1-16-5-7-18(8-6-16)22-14-23(25(26,27)28)29-33(22)19-9-11-20(12-10-19)42(38,39)30-24(36)21-4-3-13-32(21)34(37)31-41-15-40-17(2)35/h5-12,14,21H,3-4,13,15H2,1-2H3,(H,30,36)/t21-/m0/s1. The lowest BCUT2D eigenvalue weighted by atomic mass is 10.1. The van der Waals surface area contributed by atoms with E-state index in [4.69, 9.17) is 0 Å². The first-order valence-corrected chi connectivity index (χ1v) is 13.9. The van der Waals surface area contributed by atoms with Crippen LogP contribution in [0, 0.1) is 12.1 Å². The Kier molecular flexibility index (Phi) is 8.70. The number of carbonyl (C=O) groups is 2. The topological polar surface area (TPSA) is 158 Å². The Morgan fingerprint density at radius 1 is 1.17 bits per heavy atom. The number of amides is 1. The van der Waals surface area contributed by atoms with E-state index in [9.17, 15) is 36.4 Å². The van der Waals surface area contributed by atoms with Gasteiger partial charge >= 0.3 is 12.1 Å². The van der Waals surface area contributed by atoms with E-state index in [1.54, 1.807) is 24.3 Å². The number of esters is 1. The third-order valence-electron chi connectivity index (χ3n) is 6.16. The van der Waals surface area contributed by atoms with Gasteiger partial charge < -0.3 is 14.8 Å². The molecule has 1 aromatic heterocycles. The van der Waals surface area contributed by atoms with Crippen molar-refractivity contribution in [3.63, 3.8) is 0 Å². The van der Waals surface area contributed by atoms with E-state index in [-0.39, 0.29) is 34.2 Å². The molecule has 4 rings (SSSR count). The predicted octanol–water partition coefficient (Wildman–Crippen LogP) is 3.47. The van der Waals surface area contributed by atoms with Crippen LogP contribution in [0.4, 0.5) is 13.2 Å². The third kappa shape index (κ3) is 6.96. The van der Waals surface area contributed by atoms with Gasteiger partial charge in [-0.2, -0.15) is 18.3 Å². The maximum absolute atomic E-state index is 13.5. The minimum Gasteiger partial charge on any atom is -0.569 e. The summed E-state index contributed by atoms with van der Waals surface area (Å²) in [6, 6.07) is 11.2. The molecule has 42 heavy (non-hydrogen) atoms. The van der Waals surface area contributed by atoms with E-state index >= 15 is 0 Å². The number of sulfonamides is 1. The Bertz CT molecular complexity index is 1590. The van der Waals surface area contributed by atoms with Crippen LogP contribution in [0.5, 0.6) is 0 Å². The number of aryl methyl sites for hydroxylation is 1. The molecule has 13 nitrogen and oxygen atoms in total. The number of hydrogen-bond acceptors (Lipinski definition) is 9. The molecule has 0 aliphatic carbocycles. The van der Waals surface area contributed by atoms with Crippen LogP contribution in [-0.2, 0) is 35.4 Å². The molecular formula is C25H25F3N6O7S. The second-order valence-electron chi connectivity index (χ2n) is 9.19. The molecule has 1 aliphatic heterocycles. The number of carbonyl (C=O) groups excluding carboxylic acids is 2. The van der Waals surface area contributed by atoms with E-state index in [0.717, 1.165) is 40.4 Å². The van der Waals surface area contributed by atoms with Crippen molar-refractivity contribution in [2.24, 2.45) is 5.28 Å². The molecule has 0 spiro atoms. The lowest BCUT2D eigenvalue weighted by Crippen LogP contribution is -2.47. The molecule has 1 amide bonds. The average molecular weight is 611 g/mol. The summed E-state index contributed by atoms with van der Waals surface area (Å²) in [5, 5.41) is 20.0. The third-order valence-corrected chi connectivity index (χ3v) is 7.53. The summed E-state index contributed by atoms with van der Waals surface area (Å²) in [6.07, 6.45) is -4.20. The van der Waals surface area contributed by atoms with E-state index in [1.807, 2.05) is 11.6 Å². The van der Waals surface area contributed by atoms with Gasteiger partial charge in [-0.25, -0.2) is 17.8 Å². The van der Waals surface area contributed by atoms with Crippen LogP contribution in [0.25, 0.3) is 16.9 Å². The highest BCUT2D eigenvalue weighted by Crippen LogP contribution is 2.33. The number of nitrogens with zero attached hydrogens (tertiary/aromatic N) is 5. The van der Waals surface area contributed by atoms with Crippen LogP contribution in [0.15, 0.2) is 64.8 Å². The van der Waals surface area contributed by atoms with Crippen molar-refractivity contribution in [3.05, 3.63) is 71.1 Å². The molecule has 3 aromatic rings. The zero-order valence-electron chi connectivity index (χ0n) is 22.2. The molecular weight excluding hydrogens is 585 g/mol. The Labute approximate surface area is 237 Å². The van der Waals surface area contributed by atoms with Crippen LogP contribution in [0.2, 0.25) is 0 Å². The van der Waals surface area contributed by atoms with Gasteiger partial charge in [0.1, 0.15) is 0 Å². The van der Waals surface area contributed by atoms with Gasteiger partial charge in [0, 0.05) is 12.5 Å².